The van der Waals surface area contributed by atoms with Crippen molar-refractivity contribution in [1.29, 1.82) is 0 Å². The fourth-order valence-electron chi connectivity index (χ4n) is 1.48. The molecule has 1 aromatic carbocycles. The van der Waals surface area contributed by atoms with Crippen molar-refractivity contribution < 1.29 is 9.84 Å². The highest BCUT2D eigenvalue weighted by atomic mass is 16.5. The average Bonchev–Trinajstić information content (AvgIpc) is 2.27. The summed E-state index contributed by atoms with van der Waals surface area (Å²) in [6, 6.07) is 7.84. The molecule has 1 aromatic rings. The summed E-state index contributed by atoms with van der Waals surface area (Å²) >= 11 is 0. The van der Waals surface area contributed by atoms with E-state index in [0.717, 1.165) is 11.4 Å². The Kier molecular flexibility index (Phi) is 4.40. The smallest absolute Gasteiger partial charge is 0.119 e. The van der Waals surface area contributed by atoms with Crippen LogP contribution in [0.1, 0.15) is 20.8 Å². The van der Waals surface area contributed by atoms with Gasteiger partial charge in [-0.1, -0.05) is 20.8 Å². The van der Waals surface area contributed by atoms with Crippen molar-refractivity contribution in [2.75, 3.05) is 25.6 Å². The van der Waals surface area contributed by atoms with E-state index in [-0.39, 0.29) is 11.5 Å². The van der Waals surface area contributed by atoms with E-state index in [9.17, 15) is 5.11 Å². The second-order valence-electron chi connectivity index (χ2n) is 5.46. The SMILES string of the molecule is COc1ccc(N(C)CC(O)C(C)(C)C)cc1. The van der Waals surface area contributed by atoms with Crippen LogP contribution in [-0.4, -0.2) is 31.9 Å². The van der Waals surface area contributed by atoms with Crippen molar-refractivity contribution in [3.05, 3.63) is 24.3 Å². The average molecular weight is 237 g/mol. The maximum Gasteiger partial charge on any atom is 0.119 e. The van der Waals surface area contributed by atoms with E-state index in [1.807, 2.05) is 52.1 Å². The standard InChI is InChI=1S/C14H23NO2/c1-14(2,3)13(16)10-15(4)11-6-8-12(17-5)9-7-11/h6-9,13,16H,10H2,1-5H3. The molecule has 0 bridgehead atoms. The zero-order valence-corrected chi connectivity index (χ0v) is 11.4. The summed E-state index contributed by atoms with van der Waals surface area (Å²) in [4.78, 5) is 2.05. The van der Waals surface area contributed by atoms with Gasteiger partial charge in [0.15, 0.2) is 0 Å². The van der Waals surface area contributed by atoms with Crippen LogP contribution in [0.5, 0.6) is 5.75 Å². The predicted molar refractivity (Wildman–Crippen MR) is 71.7 cm³/mol. The normalized spacial score (nSPS) is 13.3. The third-order valence-corrected chi connectivity index (χ3v) is 2.96. The van der Waals surface area contributed by atoms with Crippen molar-refractivity contribution in [1.82, 2.24) is 0 Å². The van der Waals surface area contributed by atoms with Crippen LogP contribution in [0.4, 0.5) is 5.69 Å². The summed E-state index contributed by atoms with van der Waals surface area (Å²) in [5, 5.41) is 10.1. The Bertz CT molecular complexity index is 340. The Morgan fingerprint density at radius 2 is 1.76 bits per heavy atom. The maximum absolute atomic E-state index is 10.1. The number of rotatable bonds is 4. The van der Waals surface area contributed by atoms with E-state index in [2.05, 4.69) is 4.90 Å². The molecule has 3 nitrogen and oxygen atoms in total. The number of aliphatic hydroxyl groups is 1. The van der Waals surface area contributed by atoms with Crippen LogP contribution in [0.15, 0.2) is 24.3 Å². The number of benzene rings is 1. The number of likely N-dealkylation sites (N-methyl/N-ethyl adjacent to an activating group) is 1. The highest BCUT2D eigenvalue weighted by Gasteiger charge is 2.23. The van der Waals surface area contributed by atoms with Crippen LogP contribution in [0, 0.1) is 5.41 Å². The first-order valence-corrected chi connectivity index (χ1v) is 5.88. The third-order valence-electron chi connectivity index (χ3n) is 2.96. The molecule has 0 aromatic heterocycles. The summed E-state index contributed by atoms with van der Waals surface area (Å²) in [5.41, 5.74) is 0.981. The van der Waals surface area contributed by atoms with E-state index < -0.39 is 0 Å². The van der Waals surface area contributed by atoms with Crippen LogP contribution in [-0.2, 0) is 0 Å². The molecular formula is C14H23NO2. The van der Waals surface area contributed by atoms with E-state index in [1.54, 1.807) is 7.11 Å². The third kappa shape index (κ3) is 3.93. The number of ether oxygens (including phenoxy) is 1. The van der Waals surface area contributed by atoms with E-state index >= 15 is 0 Å². The lowest BCUT2D eigenvalue weighted by Crippen LogP contribution is -2.37. The van der Waals surface area contributed by atoms with Gasteiger partial charge in [-0.25, -0.2) is 0 Å². The molecule has 96 valence electrons. The molecule has 17 heavy (non-hydrogen) atoms. The van der Waals surface area contributed by atoms with Crippen molar-refractivity contribution in [3.63, 3.8) is 0 Å². The van der Waals surface area contributed by atoms with Crippen molar-refractivity contribution in [2.24, 2.45) is 5.41 Å². The van der Waals surface area contributed by atoms with Gasteiger partial charge < -0.3 is 14.7 Å². The molecule has 0 saturated carbocycles. The topological polar surface area (TPSA) is 32.7 Å². The van der Waals surface area contributed by atoms with Crippen LogP contribution in [0.25, 0.3) is 0 Å². The molecule has 3 heteroatoms. The Labute approximate surface area is 104 Å². The van der Waals surface area contributed by atoms with Crippen molar-refractivity contribution >= 4 is 5.69 Å². The molecule has 0 heterocycles. The van der Waals surface area contributed by atoms with E-state index in [4.69, 9.17) is 4.74 Å². The van der Waals surface area contributed by atoms with Crippen molar-refractivity contribution in [2.45, 2.75) is 26.9 Å². The highest BCUT2D eigenvalue weighted by Crippen LogP contribution is 2.23. The number of aliphatic hydroxyl groups excluding tert-OH is 1. The fourth-order valence-corrected chi connectivity index (χ4v) is 1.48. The zero-order valence-electron chi connectivity index (χ0n) is 11.4. The molecule has 0 fully saturated rings. The van der Waals surface area contributed by atoms with E-state index in [0.29, 0.717) is 6.54 Å². The first-order chi connectivity index (χ1) is 7.84. The molecule has 0 aliphatic heterocycles. The molecule has 0 amide bonds. The monoisotopic (exact) mass is 237 g/mol. The number of hydrogen-bond acceptors (Lipinski definition) is 3. The molecule has 0 spiro atoms. The van der Waals surface area contributed by atoms with Crippen molar-refractivity contribution in [3.8, 4) is 5.75 Å². The van der Waals surface area contributed by atoms with Gasteiger partial charge in [-0.15, -0.1) is 0 Å². The molecule has 0 aliphatic carbocycles. The van der Waals surface area contributed by atoms with Gasteiger partial charge in [-0.2, -0.15) is 0 Å². The first kappa shape index (κ1) is 13.8. The van der Waals surface area contributed by atoms with Gasteiger partial charge in [-0.3, -0.25) is 0 Å². The summed E-state index contributed by atoms with van der Waals surface area (Å²) in [6.07, 6.45) is -0.352. The molecule has 0 aliphatic rings. The second kappa shape index (κ2) is 5.41. The summed E-state index contributed by atoms with van der Waals surface area (Å²) in [6.45, 7) is 6.74. The molecule has 1 unspecified atom stereocenters. The lowest BCUT2D eigenvalue weighted by molar-refractivity contribution is 0.0699. The predicted octanol–water partition coefficient (Wildman–Crippen LogP) is 2.54. The van der Waals surface area contributed by atoms with Crippen LogP contribution < -0.4 is 9.64 Å². The van der Waals surface area contributed by atoms with Gasteiger partial charge >= 0.3 is 0 Å². The van der Waals surface area contributed by atoms with Gasteiger partial charge in [0.2, 0.25) is 0 Å². The van der Waals surface area contributed by atoms with Crippen LogP contribution in [0.2, 0.25) is 0 Å². The maximum atomic E-state index is 10.1. The molecular weight excluding hydrogens is 214 g/mol. The Hall–Kier alpha value is -1.22. The largest absolute Gasteiger partial charge is 0.497 e. The van der Waals surface area contributed by atoms with Gasteiger partial charge in [0.05, 0.1) is 13.2 Å². The van der Waals surface area contributed by atoms with Gasteiger partial charge in [0, 0.05) is 19.3 Å². The first-order valence-electron chi connectivity index (χ1n) is 5.88. The quantitative estimate of drug-likeness (QED) is 0.873. The number of nitrogens with zero attached hydrogens (tertiary/aromatic N) is 1. The van der Waals surface area contributed by atoms with Gasteiger partial charge in [-0.05, 0) is 29.7 Å². The highest BCUT2D eigenvalue weighted by molar-refractivity contribution is 5.48. The lowest BCUT2D eigenvalue weighted by Gasteiger charge is -2.31. The fraction of sp³-hybridized carbons (Fsp3) is 0.571. The minimum atomic E-state index is -0.352. The van der Waals surface area contributed by atoms with Gasteiger partial charge in [0.25, 0.3) is 0 Å². The number of anilines is 1. The zero-order chi connectivity index (χ0) is 13.1. The number of hydrogen-bond donors (Lipinski definition) is 1. The molecule has 1 rings (SSSR count). The second-order valence-corrected chi connectivity index (χ2v) is 5.46. The van der Waals surface area contributed by atoms with Gasteiger partial charge in [0.1, 0.15) is 5.75 Å². The summed E-state index contributed by atoms with van der Waals surface area (Å²) in [5.74, 6) is 0.846. The summed E-state index contributed by atoms with van der Waals surface area (Å²) in [7, 11) is 3.64. The minimum absolute atomic E-state index is 0.0965. The molecule has 1 N–H and O–H groups in total. The summed E-state index contributed by atoms with van der Waals surface area (Å²) < 4.78 is 5.12. The molecule has 0 radical (unpaired) electrons. The van der Waals surface area contributed by atoms with E-state index in [1.165, 1.54) is 0 Å². The molecule has 0 saturated heterocycles. The van der Waals surface area contributed by atoms with Crippen LogP contribution >= 0.6 is 0 Å². The number of methoxy groups -OCH3 is 1. The Morgan fingerprint density at radius 3 is 2.18 bits per heavy atom. The lowest BCUT2D eigenvalue weighted by atomic mass is 9.89. The van der Waals surface area contributed by atoms with Crippen LogP contribution in [0.3, 0.4) is 0 Å². The Balaban J connectivity index is 2.66. The minimum Gasteiger partial charge on any atom is -0.497 e. The Morgan fingerprint density at radius 1 is 1.24 bits per heavy atom. The molecule has 1 atom stereocenters.